The van der Waals surface area contributed by atoms with E-state index < -0.39 is 23.4 Å². The molecule has 2 fully saturated rings. The highest BCUT2D eigenvalue weighted by molar-refractivity contribution is 7.13. The number of carbonyl (C=O) groups excluding carboxylic acids is 3. The lowest BCUT2D eigenvalue weighted by Crippen LogP contribution is -2.51. The van der Waals surface area contributed by atoms with Gasteiger partial charge in [-0.3, -0.25) is 15.0 Å². The number of rotatable bonds is 3. The predicted molar refractivity (Wildman–Crippen MR) is 101 cm³/mol. The molecule has 1 aromatic heterocycles. The van der Waals surface area contributed by atoms with Crippen molar-refractivity contribution in [3.63, 3.8) is 0 Å². The number of benzene rings is 1. The van der Waals surface area contributed by atoms with Gasteiger partial charge in [0.25, 0.3) is 11.8 Å². The quantitative estimate of drug-likeness (QED) is 0.767. The Morgan fingerprint density at radius 1 is 1.19 bits per heavy atom. The molecule has 2 N–H and O–H groups in total. The molecule has 4 amide bonds. The first-order valence-electron chi connectivity index (χ1n) is 8.68. The number of nitrogens with one attached hydrogen (secondary N) is 2. The van der Waals surface area contributed by atoms with E-state index >= 15 is 0 Å². The van der Waals surface area contributed by atoms with Crippen LogP contribution >= 0.6 is 22.9 Å². The van der Waals surface area contributed by atoms with Gasteiger partial charge in [-0.25, -0.2) is 9.78 Å². The van der Waals surface area contributed by atoms with Gasteiger partial charge < -0.3 is 5.32 Å². The molecule has 4 rings (SSSR count). The topological polar surface area (TPSA) is 91.4 Å². The van der Waals surface area contributed by atoms with E-state index in [0.717, 1.165) is 29.8 Å². The summed E-state index contributed by atoms with van der Waals surface area (Å²) in [6, 6.07) is 6.52. The van der Waals surface area contributed by atoms with Crippen molar-refractivity contribution >= 4 is 40.8 Å². The molecule has 1 aliphatic carbocycles. The summed E-state index contributed by atoms with van der Waals surface area (Å²) in [6.45, 7) is 0. The normalized spacial score (nSPS) is 18.6. The van der Waals surface area contributed by atoms with E-state index in [9.17, 15) is 14.4 Å². The van der Waals surface area contributed by atoms with Crippen molar-refractivity contribution < 1.29 is 14.4 Å². The van der Waals surface area contributed by atoms with E-state index in [1.54, 1.807) is 17.5 Å². The third-order valence-corrected chi connectivity index (χ3v) is 6.05. The molecule has 27 heavy (non-hydrogen) atoms. The highest BCUT2D eigenvalue weighted by Crippen LogP contribution is 2.33. The lowest BCUT2D eigenvalue weighted by atomic mass is 9.82. The number of hydrazine groups is 1. The van der Waals surface area contributed by atoms with Crippen LogP contribution in [0.15, 0.2) is 29.6 Å². The second-order valence-corrected chi connectivity index (χ2v) is 7.99. The van der Waals surface area contributed by atoms with Crippen molar-refractivity contribution in [3.05, 3.63) is 40.4 Å². The van der Waals surface area contributed by atoms with Crippen LogP contribution in [0.5, 0.6) is 0 Å². The number of carbonyl (C=O) groups is 3. The summed E-state index contributed by atoms with van der Waals surface area (Å²) in [5.74, 6) is -0.989. The van der Waals surface area contributed by atoms with E-state index in [4.69, 9.17) is 11.6 Å². The van der Waals surface area contributed by atoms with Crippen LogP contribution in [-0.2, 0) is 4.79 Å². The van der Waals surface area contributed by atoms with Crippen molar-refractivity contribution in [1.29, 1.82) is 0 Å². The fourth-order valence-corrected chi connectivity index (χ4v) is 4.41. The van der Waals surface area contributed by atoms with Crippen molar-refractivity contribution in [2.24, 2.45) is 0 Å². The molecule has 1 saturated carbocycles. The summed E-state index contributed by atoms with van der Waals surface area (Å²) in [7, 11) is 0. The first-order valence-corrected chi connectivity index (χ1v) is 9.93. The van der Waals surface area contributed by atoms with Crippen LogP contribution in [0.2, 0.25) is 5.02 Å². The molecular formula is C18H17ClN4O3S. The van der Waals surface area contributed by atoms with Gasteiger partial charge in [0.1, 0.15) is 16.2 Å². The van der Waals surface area contributed by atoms with Crippen molar-refractivity contribution in [3.8, 4) is 10.6 Å². The monoisotopic (exact) mass is 404 g/mol. The zero-order valence-corrected chi connectivity index (χ0v) is 15.9. The Labute approximate surface area is 164 Å². The fourth-order valence-electron chi connectivity index (χ4n) is 3.48. The molecule has 0 radical (unpaired) electrons. The van der Waals surface area contributed by atoms with Gasteiger partial charge in [-0.15, -0.1) is 11.3 Å². The molecule has 2 aromatic rings. The number of nitrogens with zero attached hydrogens (tertiary/aromatic N) is 2. The van der Waals surface area contributed by atoms with Gasteiger partial charge >= 0.3 is 6.03 Å². The summed E-state index contributed by atoms with van der Waals surface area (Å²) in [6.07, 6.45) is 4.00. The number of halogens is 1. The van der Waals surface area contributed by atoms with Crippen molar-refractivity contribution in [2.45, 2.75) is 37.6 Å². The lowest BCUT2D eigenvalue weighted by molar-refractivity contribution is -0.134. The fraction of sp³-hybridized carbons (Fsp3) is 0.333. The summed E-state index contributed by atoms with van der Waals surface area (Å²) >= 11 is 7.18. The average Bonchev–Trinajstić information content (AvgIpc) is 3.23. The van der Waals surface area contributed by atoms with Crippen molar-refractivity contribution in [1.82, 2.24) is 20.7 Å². The molecule has 1 spiro atoms. The van der Waals surface area contributed by atoms with Gasteiger partial charge in [0, 0.05) is 16.0 Å². The van der Waals surface area contributed by atoms with E-state index in [1.807, 2.05) is 12.1 Å². The summed E-state index contributed by atoms with van der Waals surface area (Å²) in [4.78, 5) is 41.7. The van der Waals surface area contributed by atoms with Crippen LogP contribution in [0, 0.1) is 0 Å². The minimum absolute atomic E-state index is 0.148. The Morgan fingerprint density at radius 3 is 2.59 bits per heavy atom. The average molecular weight is 405 g/mol. The standard InChI is InChI=1S/C18H17ClN4O3S/c19-12-6-4-11(5-7-12)15-20-13(10-27-15)14(24)22-23-16(25)18(21-17(23)26)8-2-1-3-9-18/h4-7,10H,1-3,8-9H2,(H,21,26)(H,22,24). The summed E-state index contributed by atoms with van der Waals surface area (Å²) in [5, 5.41) is 6.40. The van der Waals surface area contributed by atoms with Crippen LogP contribution in [0.1, 0.15) is 42.6 Å². The Hall–Kier alpha value is -2.45. The van der Waals surface area contributed by atoms with Crippen LogP contribution < -0.4 is 10.7 Å². The number of hydrogen-bond donors (Lipinski definition) is 2. The molecule has 1 saturated heterocycles. The Balaban J connectivity index is 1.49. The number of aromatic nitrogens is 1. The molecule has 2 aliphatic rings. The lowest BCUT2D eigenvalue weighted by Gasteiger charge is -2.30. The maximum absolute atomic E-state index is 12.7. The third-order valence-electron chi connectivity index (χ3n) is 4.91. The Kier molecular flexibility index (Phi) is 4.61. The van der Waals surface area contributed by atoms with Crippen LogP contribution in [0.3, 0.4) is 0 Å². The number of urea groups is 1. The van der Waals surface area contributed by atoms with E-state index in [-0.39, 0.29) is 5.69 Å². The molecule has 140 valence electrons. The van der Waals surface area contributed by atoms with Crippen LogP contribution in [0.25, 0.3) is 10.6 Å². The molecule has 1 aromatic carbocycles. The number of amides is 4. The molecule has 0 bridgehead atoms. The molecule has 2 heterocycles. The van der Waals surface area contributed by atoms with E-state index in [2.05, 4.69) is 15.7 Å². The van der Waals surface area contributed by atoms with Crippen LogP contribution in [0.4, 0.5) is 4.79 Å². The van der Waals surface area contributed by atoms with Gasteiger partial charge in [0.2, 0.25) is 0 Å². The van der Waals surface area contributed by atoms with Gasteiger partial charge in [-0.1, -0.05) is 43.0 Å². The predicted octanol–water partition coefficient (Wildman–Crippen LogP) is 3.36. The number of imide groups is 1. The number of hydrogen-bond acceptors (Lipinski definition) is 5. The number of thiazole rings is 1. The smallest absolute Gasteiger partial charge is 0.322 e. The molecule has 0 unspecified atom stereocenters. The van der Waals surface area contributed by atoms with Gasteiger partial charge in [-0.05, 0) is 25.0 Å². The SMILES string of the molecule is O=C(NN1C(=O)NC2(CCCCC2)C1=O)c1csc(-c2ccc(Cl)cc2)n1. The summed E-state index contributed by atoms with van der Waals surface area (Å²) < 4.78 is 0. The molecule has 0 atom stereocenters. The Bertz CT molecular complexity index is 906. The summed E-state index contributed by atoms with van der Waals surface area (Å²) in [5.41, 5.74) is 2.50. The highest BCUT2D eigenvalue weighted by Gasteiger charge is 2.52. The van der Waals surface area contributed by atoms with Gasteiger partial charge in [0.05, 0.1) is 0 Å². The maximum atomic E-state index is 12.7. The van der Waals surface area contributed by atoms with E-state index in [1.165, 1.54) is 11.3 Å². The zero-order chi connectivity index (χ0) is 19.0. The largest absolute Gasteiger partial charge is 0.344 e. The van der Waals surface area contributed by atoms with Crippen molar-refractivity contribution in [2.75, 3.05) is 0 Å². The zero-order valence-electron chi connectivity index (χ0n) is 14.3. The Morgan fingerprint density at radius 2 is 1.89 bits per heavy atom. The molecule has 7 nitrogen and oxygen atoms in total. The minimum atomic E-state index is -0.876. The first-order chi connectivity index (χ1) is 13.0. The highest BCUT2D eigenvalue weighted by atomic mass is 35.5. The van der Waals surface area contributed by atoms with E-state index in [0.29, 0.717) is 22.9 Å². The molecule has 9 heteroatoms. The molecular weight excluding hydrogens is 388 g/mol. The molecule has 1 aliphatic heterocycles. The maximum Gasteiger partial charge on any atom is 0.344 e. The third kappa shape index (κ3) is 3.30. The minimum Gasteiger partial charge on any atom is -0.322 e. The van der Waals surface area contributed by atoms with Gasteiger partial charge in [-0.2, -0.15) is 5.01 Å². The second kappa shape index (κ2) is 6.94. The van der Waals surface area contributed by atoms with Crippen LogP contribution in [-0.4, -0.2) is 33.4 Å². The first kappa shape index (κ1) is 17.9. The van der Waals surface area contributed by atoms with Gasteiger partial charge in [0.15, 0.2) is 0 Å². The second-order valence-electron chi connectivity index (χ2n) is 6.70.